The van der Waals surface area contributed by atoms with Gasteiger partial charge >= 0.3 is 6.18 Å². The van der Waals surface area contributed by atoms with Crippen molar-refractivity contribution in [1.82, 2.24) is 14.8 Å². The van der Waals surface area contributed by atoms with E-state index in [4.69, 9.17) is 0 Å². The lowest BCUT2D eigenvalue weighted by Gasteiger charge is -2.32. The van der Waals surface area contributed by atoms with Gasteiger partial charge in [0.15, 0.2) is 0 Å². The van der Waals surface area contributed by atoms with Gasteiger partial charge in [-0.1, -0.05) is 11.8 Å². The van der Waals surface area contributed by atoms with Crippen LogP contribution in [0, 0.1) is 11.8 Å². The van der Waals surface area contributed by atoms with Crippen LogP contribution in [0.1, 0.15) is 45.7 Å². The lowest BCUT2D eigenvalue weighted by atomic mass is 10.1. The second-order valence-corrected chi connectivity index (χ2v) is 7.15. The summed E-state index contributed by atoms with van der Waals surface area (Å²) in [6, 6.07) is 6.00. The summed E-state index contributed by atoms with van der Waals surface area (Å²) >= 11 is 0. The monoisotopic (exact) mass is 460 g/mol. The van der Waals surface area contributed by atoms with Gasteiger partial charge in [0.2, 0.25) is 0 Å². The molecule has 3 aromatic rings. The van der Waals surface area contributed by atoms with Gasteiger partial charge in [0.25, 0.3) is 5.91 Å². The Balaban J connectivity index is 0.00000289. The number of benzene rings is 1. The Kier molecular flexibility index (Phi) is 6.62. The van der Waals surface area contributed by atoms with E-state index in [1.807, 2.05) is 6.92 Å². The number of hydrogen-bond donors (Lipinski definition) is 1. The van der Waals surface area contributed by atoms with Crippen LogP contribution >= 0.6 is 13.5 Å². The van der Waals surface area contributed by atoms with E-state index >= 15 is 0 Å². The zero-order chi connectivity index (χ0) is 22.2. The summed E-state index contributed by atoms with van der Waals surface area (Å²) in [6.45, 7) is 1.98. The molecule has 166 valence electrons. The van der Waals surface area contributed by atoms with E-state index in [2.05, 4.69) is 21.9 Å². The van der Waals surface area contributed by atoms with E-state index in [1.54, 1.807) is 16.9 Å². The molecule has 0 saturated heterocycles. The molecule has 0 bridgehead atoms. The topological polar surface area (TPSA) is 71.2 Å². The number of halogens is 3. The van der Waals surface area contributed by atoms with Crippen LogP contribution in [0.5, 0.6) is 0 Å². The molecule has 1 aliphatic heterocycles. The number of fused-ring (bicyclic) bond motifs is 1. The highest BCUT2D eigenvalue weighted by Crippen LogP contribution is 2.32. The summed E-state index contributed by atoms with van der Waals surface area (Å²) in [5.74, 6) is 5.45. The third-order valence-corrected chi connectivity index (χ3v) is 4.93. The van der Waals surface area contributed by atoms with Gasteiger partial charge in [-0.15, -0.1) is 0 Å². The Bertz CT molecular complexity index is 1200. The van der Waals surface area contributed by atoms with E-state index in [1.165, 1.54) is 29.4 Å². The molecule has 1 atom stereocenters. The molecule has 6 nitrogen and oxygen atoms in total. The van der Waals surface area contributed by atoms with Crippen molar-refractivity contribution >= 4 is 25.1 Å². The molecule has 10 heteroatoms. The highest BCUT2D eigenvalue weighted by Gasteiger charge is 2.34. The fourth-order valence-electron chi connectivity index (χ4n) is 3.39. The standard InChI is InChI=1S/C22H17F3N4O2.H2S/c1-14-12-28(19-6-4-18(5-7-19)22(23,24)25)21(31)20-17(11-27-29(14)20)3-2-15-8-16(13-30)10-26-9-15;/h4-11,14,30H,12-13H2,1H3;1H2/t14-;/m0./s1. The molecule has 0 unspecified atom stereocenters. The van der Waals surface area contributed by atoms with Crippen molar-refractivity contribution in [2.75, 3.05) is 11.4 Å². The van der Waals surface area contributed by atoms with E-state index in [-0.39, 0.29) is 44.3 Å². The summed E-state index contributed by atoms with van der Waals surface area (Å²) in [6.07, 6.45) is 0.124. The Morgan fingerprint density at radius 3 is 2.53 bits per heavy atom. The molecule has 0 saturated carbocycles. The highest BCUT2D eigenvalue weighted by atomic mass is 32.1. The van der Waals surface area contributed by atoms with Crippen molar-refractivity contribution in [3.8, 4) is 11.8 Å². The van der Waals surface area contributed by atoms with Gasteiger partial charge in [-0.2, -0.15) is 31.8 Å². The fourth-order valence-corrected chi connectivity index (χ4v) is 3.39. The van der Waals surface area contributed by atoms with Crippen LogP contribution in [0.2, 0.25) is 0 Å². The number of nitrogens with zero attached hydrogens (tertiary/aromatic N) is 4. The summed E-state index contributed by atoms with van der Waals surface area (Å²) in [5, 5.41) is 13.5. The molecule has 0 aliphatic carbocycles. The number of aliphatic hydroxyl groups excluding tert-OH is 1. The lowest BCUT2D eigenvalue weighted by Crippen LogP contribution is -2.43. The van der Waals surface area contributed by atoms with E-state index in [9.17, 15) is 23.1 Å². The maximum absolute atomic E-state index is 13.2. The van der Waals surface area contributed by atoms with Crippen molar-refractivity contribution in [1.29, 1.82) is 0 Å². The molecule has 2 aromatic heterocycles. The van der Waals surface area contributed by atoms with Crippen LogP contribution in [0.15, 0.2) is 48.9 Å². The first-order valence-electron chi connectivity index (χ1n) is 9.41. The first-order chi connectivity index (χ1) is 14.8. The van der Waals surface area contributed by atoms with Crippen LogP contribution in [0.3, 0.4) is 0 Å². The molecule has 4 rings (SSSR count). The quantitative estimate of drug-likeness (QED) is 0.594. The lowest BCUT2D eigenvalue weighted by molar-refractivity contribution is -0.137. The number of alkyl halides is 3. The number of amides is 1. The summed E-state index contributed by atoms with van der Waals surface area (Å²) < 4.78 is 40.1. The van der Waals surface area contributed by atoms with E-state index in [0.29, 0.717) is 22.4 Å². The molecule has 0 radical (unpaired) electrons. The normalized spacial score (nSPS) is 15.5. The predicted molar refractivity (Wildman–Crippen MR) is 117 cm³/mol. The largest absolute Gasteiger partial charge is 0.416 e. The zero-order valence-electron chi connectivity index (χ0n) is 16.9. The summed E-state index contributed by atoms with van der Waals surface area (Å²) in [7, 11) is 0. The Morgan fingerprint density at radius 2 is 1.88 bits per heavy atom. The van der Waals surface area contributed by atoms with Gasteiger partial charge < -0.3 is 10.0 Å². The van der Waals surface area contributed by atoms with Crippen LogP contribution in [0.4, 0.5) is 18.9 Å². The molecule has 1 aromatic carbocycles. The summed E-state index contributed by atoms with van der Waals surface area (Å²) in [4.78, 5) is 18.6. The average molecular weight is 460 g/mol. The third kappa shape index (κ3) is 4.49. The Hall–Kier alpha value is -3.29. The number of hydrogen-bond acceptors (Lipinski definition) is 4. The Morgan fingerprint density at radius 1 is 1.16 bits per heavy atom. The first-order valence-corrected chi connectivity index (χ1v) is 9.41. The maximum atomic E-state index is 13.2. The van der Waals surface area contributed by atoms with Gasteiger partial charge in [0, 0.05) is 30.2 Å². The molecule has 32 heavy (non-hydrogen) atoms. The summed E-state index contributed by atoms with van der Waals surface area (Å²) in [5.41, 5.74) is 1.46. The number of rotatable bonds is 2. The van der Waals surface area contributed by atoms with Crippen molar-refractivity contribution in [3.05, 3.63) is 76.9 Å². The predicted octanol–water partition coefficient (Wildman–Crippen LogP) is 3.52. The Labute approximate surface area is 189 Å². The SMILES string of the molecule is C[C@H]1CN(c2ccc(C(F)(F)F)cc2)C(=O)c2c(C#Cc3cncc(CO)c3)cnn21.S. The van der Waals surface area contributed by atoms with Gasteiger partial charge in [-0.25, -0.2) is 0 Å². The number of aromatic nitrogens is 3. The van der Waals surface area contributed by atoms with Gasteiger partial charge in [-0.3, -0.25) is 14.5 Å². The van der Waals surface area contributed by atoms with Crippen molar-refractivity contribution in [3.63, 3.8) is 0 Å². The molecule has 1 N–H and O–H groups in total. The second-order valence-electron chi connectivity index (χ2n) is 7.15. The minimum Gasteiger partial charge on any atom is -0.392 e. The van der Waals surface area contributed by atoms with Crippen LogP contribution in [0.25, 0.3) is 0 Å². The molecule has 0 spiro atoms. The highest BCUT2D eigenvalue weighted by molar-refractivity contribution is 7.59. The number of pyridine rings is 1. The number of aliphatic hydroxyl groups is 1. The van der Waals surface area contributed by atoms with Crippen molar-refractivity contribution in [2.24, 2.45) is 0 Å². The molecular formula is C22H19F3N4O2S. The van der Waals surface area contributed by atoms with Crippen molar-refractivity contribution < 1.29 is 23.1 Å². The van der Waals surface area contributed by atoms with Crippen LogP contribution < -0.4 is 4.90 Å². The van der Waals surface area contributed by atoms with E-state index < -0.39 is 11.7 Å². The minimum absolute atomic E-state index is 0. The van der Waals surface area contributed by atoms with Crippen molar-refractivity contribution in [2.45, 2.75) is 25.7 Å². The third-order valence-electron chi connectivity index (χ3n) is 4.93. The smallest absolute Gasteiger partial charge is 0.392 e. The second kappa shape index (κ2) is 9.06. The molecule has 1 aliphatic rings. The number of anilines is 1. The van der Waals surface area contributed by atoms with Crippen LogP contribution in [-0.2, 0) is 12.8 Å². The molecule has 3 heterocycles. The van der Waals surface area contributed by atoms with E-state index in [0.717, 1.165) is 12.1 Å². The van der Waals surface area contributed by atoms with Crippen LogP contribution in [-0.4, -0.2) is 32.3 Å². The minimum atomic E-state index is -4.44. The number of carbonyl (C=O) groups excluding carboxylic acids is 1. The van der Waals surface area contributed by atoms with Gasteiger partial charge in [0.05, 0.1) is 30.0 Å². The number of carbonyl (C=O) groups is 1. The molecule has 0 fully saturated rings. The van der Waals surface area contributed by atoms with Gasteiger partial charge in [0.1, 0.15) is 5.69 Å². The maximum Gasteiger partial charge on any atom is 0.416 e. The zero-order valence-corrected chi connectivity index (χ0v) is 17.9. The average Bonchev–Trinajstić information content (AvgIpc) is 3.19. The molecule has 1 amide bonds. The fraction of sp³-hybridized carbons (Fsp3) is 0.227. The van der Waals surface area contributed by atoms with Gasteiger partial charge in [-0.05, 0) is 42.8 Å². The molecular weight excluding hydrogens is 441 g/mol. The first kappa shape index (κ1) is 23.4.